The lowest BCUT2D eigenvalue weighted by Gasteiger charge is -2.38. The van der Waals surface area contributed by atoms with Crippen molar-refractivity contribution in [3.05, 3.63) is 0 Å². The average Bonchev–Trinajstić information content (AvgIpc) is 2.29. The zero-order valence-electron chi connectivity index (χ0n) is 13.2. The minimum absolute atomic E-state index is 0.0515. The van der Waals surface area contributed by atoms with E-state index in [2.05, 4.69) is 0 Å². The van der Waals surface area contributed by atoms with Crippen LogP contribution >= 0.6 is 11.8 Å². The number of carbonyl (C=O) groups excluding carboxylic acids is 2. The van der Waals surface area contributed by atoms with Gasteiger partial charge in [0.05, 0.1) is 0 Å². The smallest absolute Gasteiger partial charge is 0.323 e. The van der Waals surface area contributed by atoms with E-state index in [0.717, 1.165) is 31.0 Å². The molecular weight excluding hydrogens is 290 g/mol. The van der Waals surface area contributed by atoms with Gasteiger partial charge in [0.15, 0.2) is 5.12 Å². The lowest BCUT2D eigenvalue weighted by atomic mass is 9.90. The van der Waals surface area contributed by atoms with Gasteiger partial charge in [0.1, 0.15) is 6.54 Å². The molecule has 1 atom stereocenters. The maximum atomic E-state index is 12.4. The van der Waals surface area contributed by atoms with Gasteiger partial charge in [0.25, 0.3) is 0 Å². The number of nitrogens with zero attached hydrogens (tertiary/aromatic N) is 1. The number of hydrogen-bond donors (Lipinski definition) is 1. The van der Waals surface area contributed by atoms with Crippen molar-refractivity contribution < 1.29 is 19.5 Å². The molecule has 1 rings (SSSR count). The lowest BCUT2D eigenvalue weighted by molar-refractivity contribution is -0.149. The SMILES string of the molecule is CC(CSC(=O)C(C)(C)C)C(=O)N(CC(=O)O)C1CCC1. The van der Waals surface area contributed by atoms with Crippen LogP contribution in [0.3, 0.4) is 0 Å². The first-order chi connectivity index (χ1) is 9.62. The predicted octanol–water partition coefficient (Wildman–Crippen LogP) is 2.39. The second-order valence-corrected chi connectivity index (χ2v) is 7.69. The molecular formula is C15H25NO4S. The first-order valence-corrected chi connectivity index (χ1v) is 8.31. The molecule has 1 aliphatic rings. The largest absolute Gasteiger partial charge is 0.480 e. The summed E-state index contributed by atoms with van der Waals surface area (Å²) in [4.78, 5) is 36.7. The predicted molar refractivity (Wildman–Crippen MR) is 83.1 cm³/mol. The summed E-state index contributed by atoms with van der Waals surface area (Å²) in [5, 5.41) is 9.01. The van der Waals surface area contributed by atoms with E-state index in [-0.39, 0.29) is 29.5 Å². The Labute approximate surface area is 130 Å². The lowest BCUT2D eigenvalue weighted by Crippen LogP contribution is -2.49. The van der Waals surface area contributed by atoms with Crippen molar-refractivity contribution in [3.8, 4) is 0 Å². The van der Waals surface area contributed by atoms with Gasteiger partial charge in [-0.1, -0.05) is 39.5 Å². The summed E-state index contributed by atoms with van der Waals surface area (Å²) < 4.78 is 0. The molecule has 0 radical (unpaired) electrons. The normalized spacial score (nSPS) is 17.0. The number of rotatable bonds is 6. The van der Waals surface area contributed by atoms with E-state index in [4.69, 9.17) is 5.11 Å². The Morgan fingerprint density at radius 2 is 1.86 bits per heavy atom. The average molecular weight is 315 g/mol. The van der Waals surface area contributed by atoms with Crippen LogP contribution in [-0.4, -0.2) is 45.3 Å². The van der Waals surface area contributed by atoms with Crippen LogP contribution in [0.5, 0.6) is 0 Å². The Balaban J connectivity index is 2.57. The zero-order valence-corrected chi connectivity index (χ0v) is 14.0. The monoisotopic (exact) mass is 315 g/mol. The van der Waals surface area contributed by atoms with Gasteiger partial charge in [-0.05, 0) is 19.3 Å². The van der Waals surface area contributed by atoms with Gasteiger partial charge >= 0.3 is 5.97 Å². The summed E-state index contributed by atoms with van der Waals surface area (Å²) in [6.45, 7) is 7.06. The fourth-order valence-corrected chi connectivity index (χ4v) is 2.98. The first-order valence-electron chi connectivity index (χ1n) is 7.32. The molecule has 0 spiro atoms. The first kappa shape index (κ1) is 18.0. The van der Waals surface area contributed by atoms with E-state index in [0.29, 0.717) is 5.75 Å². The minimum Gasteiger partial charge on any atom is -0.480 e. The molecule has 1 unspecified atom stereocenters. The molecule has 5 nitrogen and oxygen atoms in total. The van der Waals surface area contributed by atoms with Crippen LogP contribution in [0.4, 0.5) is 0 Å². The van der Waals surface area contributed by atoms with Crippen LogP contribution in [0.15, 0.2) is 0 Å². The number of amides is 1. The highest BCUT2D eigenvalue weighted by atomic mass is 32.2. The van der Waals surface area contributed by atoms with Crippen LogP contribution in [0.1, 0.15) is 47.0 Å². The molecule has 1 amide bonds. The van der Waals surface area contributed by atoms with Gasteiger partial charge in [0, 0.05) is 23.1 Å². The number of thioether (sulfide) groups is 1. The highest BCUT2D eigenvalue weighted by Gasteiger charge is 2.33. The molecule has 21 heavy (non-hydrogen) atoms. The summed E-state index contributed by atoms with van der Waals surface area (Å²) in [7, 11) is 0. The fraction of sp³-hybridized carbons (Fsp3) is 0.800. The highest BCUT2D eigenvalue weighted by Crippen LogP contribution is 2.28. The second kappa shape index (κ2) is 7.29. The quantitative estimate of drug-likeness (QED) is 0.814. The Morgan fingerprint density at radius 1 is 1.29 bits per heavy atom. The van der Waals surface area contributed by atoms with E-state index >= 15 is 0 Å². The van der Waals surface area contributed by atoms with Crippen LogP contribution < -0.4 is 0 Å². The van der Waals surface area contributed by atoms with Gasteiger partial charge in [-0.25, -0.2) is 0 Å². The van der Waals surface area contributed by atoms with Gasteiger partial charge in [0.2, 0.25) is 5.91 Å². The summed E-state index contributed by atoms with van der Waals surface area (Å²) in [6.07, 6.45) is 2.79. The van der Waals surface area contributed by atoms with Crippen LogP contribution in [0, 0.1) is 11.3 Å². The van der Waals surface area contributed by atoms with Gasteiger partial charge in [-0.15, -0.1) is 0 Å². The van der Waals surface area contributed by atoms with Crippen molar-refractivity contribution in [1.82, 2.24) is 4.90 Å². The molecule has 1 N–H and O–H groups in total. The molecule has 0 aromatic heterocycles. The van der Waals surface area contributed by atoms with Crippen LogP contribution in [0.25, 0.3) is 0 Å². The van der Waals surface area contributed by atoms with Gasteiger partial charge in [-0.2, -0.15) is 0 Å². The molecule has 0 bridgehead atoms. The molecule has 0 aromatic rings. The number of carbonyl (C=O) groups is 3. The number of hydrogen-bond acceptors (Lipinski definition) is 4. The maximum absolute atomic E-state index is 12.4. The summed E-state index contributed by atoms with van der Waals surface area (Å²) in [5.74, 6) is -1.09. The topological polar surface area (TPSA) is 74.7 Å². The third-order valence-corrected chi connectivity index (χ3v) is 5.14. The molecule has 0 saturated heterocycles. The van der Waals surface area contributed by atoms with Crippen LogP contribution in [-0.2, 0) is 14.4 Å². The Kier molecular flexibility index (Phi) is 6.25. The Bertz CT molecular complexity index is 412. The van der Waals surface area contributed by atoms with Crippen molar-refractivity contribution >= 4 is 28.8 Å². The third-order valence-electron chi connectivity index (χ3n) is 3.60. The number of carboxylic acid groups (broad SMARTS) is 1. The summed E-state index contributed by atoms with van der Waals surface area (Å²) in [6, 6.07) is 0.0550. The van der Waals surface area contributed by atoms with Crippen molar-refractivity contribution in [2.24, 2.45) is 11.3 Å². The van der Waals surface area contributed by atoms with E-state index in [1.807, 2.05) is 20.8 Å². The second-order valence-electron chi connectivity index (χ2n) is 6.69. The van der Waals surface area contributed by atoms with Crippen molar-refractivity contribution in [3.63, 3.8) is 0 Å². The molecule has 1 saturated carbocycles. The van der Waals surface area contributed by atoms with Gasteiger partial charge < -0.3 is 10.0 Å². The number of aliphatic carboxylic acids is 1. The van der Waals surface area contributed by atoms with E-state index in [1.54, 1.807) is 6.92 Å². The molecule has 1 fully saturated rings. The fourth-order valence-electron chi connectivity index (χ4n) is 2.00. The molecule has 120 valence electrons. The van der Waals surface area contributed by atoms with Crippen LogP contribution in [0.2, 0.25) is 0 Å². The van der Waals surface area contributed by atoms with E-state index in [1.165, 1.54) is 4.90 Å². The standard InChI is InChI=1S/C15H25NO4S/c1-10(9-21-14(20)15(2,3)4)13(19)16(8-12(17)18)11-6-5-7-11/h10-11H,5-9H2,1-4H3,(H,17,18). The summed E-state index contributed by atoms with van der Waals surface area (Å²) >= 11 is 1.16. The third kappa shape index (κ3) is 5.34. The minimum atomic E-state index is -0.985. The Hall–Kier alpha value is -1.04. The molecule has 6 heteroatoms. The van der Waals surface area contributed by atoms with Crippen molar-refractivity contribution in [2.75, 3.05) is 12.3 Å². The summed E-state index contributed by atoms with van der Waals surface area (Å²) in [5.41, 5.74) is -0.428. The van der Waals surface area contributed by atoms with Crippen molar-refractivity contribution in [1.29, 1.82) is 0 Å². The molecule has 0 aliphatic heterocycles. The number of carboxylic acids is 1. The van der Waals surface area contributed by atoms with Gasteiger partial charge in [-0.3, -0.25) is 14.4 Å². The van der Waals surface area contributed by atoms with Crippen molar-refractivity contribution in [2.45, 2.75) is 53.0 Å². The van der Waals surface area contributed by atoms with E-state index < -0.39 is 11.4 Å². The molecule has 1 aliphatic carbocycles. The maximum Gasteiger partial charge on any atom is 0.323 e. The Morgan fingerprint density at radius 3 is 2.24 bits per heavy atom. The zero-order chi connectivity index (χ0) is 16.2. The van der Waals surface area contributed by atoms with E-state index in [9.17, 15) is 14.4 Å². The molecule has 0 aromatic carbocycles. The molecule has 0 heterocycles. The highest BCUT2D eigenvalue weighted by molar-refractivity contribution is 8.13.